The summed E-state index contributed by atoms with van der Waals surface area (Å²) in [6.45, 7) is 3.33. The molecule has 0 aliphatic rings. The Morgan fingerprint density at radius 2 is 1.48 bits per heavy atom. The molecule has 6 nitrogen and oxygen atoms in total. The number of nitrogens with zero attached hydrogens (tertiary/aromatic N) is 1. The molecule has 216 valence electrons. The molecular formula is C27H25F6NO5S. The number of carbonyl (C=O) groups is 1. The SMILES string of the molecule is CCC(C)N(Cc1ccc(OC)c(OS(=O)(=O)c2cccc(C(F)(F)F)c2)c1)C(=O)c1cccc(C(F)(F)F)c1. The molecule has 0 spiro atoms. The summed E-state index contributed by atoms with van der Waals surface area (Å²) in [6.07, 6.45) is -8.98. The van der Waals surface area contributed by atoms with Gasteiger partial charge in [-0.05, 0) is 67.4 Å². The second kappa shape index (κ2) is 11.8. The maximum atomic E-state index is 13.3. The predicted molar refractivity (Wildman–Crippen MR) is 133 cm³/mol. The van der Waals surface area contributed by atoms with Gasteiger partial charge < -0.3 is 13.8 Å². The average molecular weight is 590 g/mol. The van der Waals surface area contributed by atoms with Crippen molar-refractivity contribution in [2.24, 2.45) is 0 Å². The van der Waals surface area contributed by atoms with Gasteiger partial charge in [-0.15, -0.1) is 0 Å². The lowest BCUT2D eigenvalue weighted by atomic mass is 10.1. The smallest absolute Gasteiger partial charge is 0.416 e. The molecule has 0 aromatic heterocycles. The minimum Gasteiger partial charge on any atom is -0.493 e. The van der Waals surface area contributed by atoms with Crippen LogP contribution in [0.25, 0.3) is 0 Å². The summed E-state index contributed by atoms with van der Waals surface area (Å²) in [5, 5.41) is 0. The number of rotatable bonds is 9. The number of carbonyl (C=O) groups excluding carboxylic acids is 1. The number of methoxy groups -OCH3 is 1. The lowest BCUT2D eigenvalue weighted by Gasteiger charge is -2.29. The second-order valence-electron chi connectivity index (χ2n) is 8.82. The van der Waals surface area contributed by atoms with Crippen LogP contribution in [0, 0.1) is 0 Å². The fourth-order valence-corrected chi connectivity index (χ4v) is 4.70. The average Bonchev–Trinajstić information content (AvgIpc) is 2.90. The zero-order chi connectivity index (χ0) is 29.9. The van der Waals surface area contributed by atoms with Crippen LogP contribution in [-0.4, -0.2) is 32.4 Å². The van der Waals surface area contributed by atoms with E-state index in [1.54, 1.807) is 13.8 Å². The van der Waals surface area contributed by atoms with Crippen LogP contribution in [0.4, 0.5) is 26.3 Å². The minimum absolute atomic E-state index is 0.0569. The van der Waals surface area contributed by atoms with E-state index in [-0.39, 0.29) is 23.6 Å². The van der Waals surface area contributed by atoms with E-state index in [1.807, 2.05) is 0 Å². The van der Waals surface area contributed by atoms with Crippen molar-refractivity contribution in [3.63, 3.8) is 0 Å². The summed E-state index contributed by atoms with van der Waals surface area (Å²) in [5.74, 6) is -1.10. The molecule has 40 heavy (non-hydrogen) atoms. The summed E-state index contributed by atoms with van der Waals surface area (Å²) < 4.78 is 115. The fourth-order valence-electron chi connectivity index (χ4n) is 3.72. The molecule has 3 aromatic carbocycles. The van der Waals surface area contributed by atoms with Crippen LogP contribution in [0.2, 0.25) is 0 Å². The standard InChI is InChI=1S/C27H25F6NO5S/c1-4-17(2)34(25(35)19-7-5-8-20(14-19)26(28,29)30)16-18-11-12-23(38-3)24(13-18)39-40(36,37)22-10-6-9-21(15-22)27(31,32)33/h5-15,17H,4,16H2,1-3H3. The Morgan fingerprint density at radius 1 is 0.875 bits per heavy atom. The number of benzene rings is 3. The van der Waals surface area contributed by atoms with Crippen molar-refractivity contribution in [3.8, 4) is 11.5 Å². The molecule has 0 heterocycles. The third-order valence-corrected chi connectivity index (χ3v) is 7.28. The van der Waals surface area contributed by atoms with Crippen molar-refractivity contribution in [1.82, 2.24) is 4.90 Å². The highest BCUT2D eigenvalue weighted by atomic mass is 32.2. The molecule has 0 bridgehead atoms. The first-order valence-electron chi connectivity index (χ1n) is 11.8. The van der Waals surface area contributed by atoms with Crippen LogP contribution in [0.5, 0.6) is 11.5 Å². The summed E-state index contributed by atoms with van der Waals surface area (Å²) in [7, 11) is -3.52. The summed E-state index contributed by atoms with van der Waals surface area (Å²) >= 11 is 0. The molecule has 0 fully saturated rings. The van der Waals surface area contributed by atoms with E-state index >= 15 is 0 Å². The van der Waals surface area contributed by atoms with Gasteiger partial charge in [0, 0.05) is 18.2 Å². The van der Waals surface area contributed by atoms with E-state index in [4.69, 9.17) is 8.92 Å². The van der Waals surface area contributed by atoms with Crippen LogP contribution < -0.4 is 8.92 Å². The van der Waals surface area contributed by atoms with Gasteiger partial charge >= 0.3 is 22.5 Å². The van der Waals surface area contributed by atoms with Gasteiger partial charge in [-0.2, -0.15) is 34.8 Å². The van der Waals surface area contributed by atoms with Gasteiger partial charge in [0.15, 0.2) is 11.5 Å². The number of halogens is 6. The number of hydrogen-bond acceptors (Lipinski definition) is 5. The third kappa shape index (κ3) is 7.26. The number of hydrogen-bond donors (Lipinski definition) is 0. The van der Waals surface area contributed by atoms with Gasteiger partial charge in [0.25, 0.3) is 5.91 Å². The van der Waals surface area contributed by atoms with E-state index in [0.29, 0.717) is 24.1 Å². The molecule has 0 radical (unpaired) electrons. The molecule has 1 amide bonds. The lowest BCUT2D eigenvalue weighted by molar-refractivity contribution is -0.138. The van der Waals surface area contributed by atoms with E-state index < -0.39 is 50.4 Å². The van der Waals surface area contributed by atoms with E-state index in [1.165, 1.54) is 36.3 Å². The molecule has 3 rings (SSSR count). The van der Waals surface area contributed by atoms with E-state index in [9.17, 15) is 39.6 Å². The summed E-state index contributed by atoms with van der Waals surface area (Å²) in [6, 6.07) is 10.7. The topological polar surface area (TPSA) is 72.9 Å². The first kappa shape index (κ1) is 30.8. The first-order valence-corrected chi connectivity index (χ1v) is 13.2. The van der Waals surface area contributed by atoms with Crippen molar-refractivity contribution in [2.45, 2.75) is 50.1 Å². The normalized spacial score (nSPS) is 13.0. The highest BCUT2D eigenvalue weighted by Crippen LogP contribution is 2.35. The second-order valence-corrected chi connectivity index (χ2v) is 10.4. The van der Waals surface area contributed by atoms with Crippen molar-refractivity contribution >= 4 is 16.0 Å². The van der Waals surface area contributed by atoms with Crippen LogP contribution in [0.1, 0.15) is 47.3 Å². The maximum absolute atomic E-state index is 13.3. The summed E-state index contributed by atoms with van der Waals surface area (Å²) in [4.78, 5) is 13.9. The molecule has 0 saturated heterocycles. The maximum Gasteiger partial charge on any atom is 0.416 e. The predicted octanol–water partition coefficient (Wildman–Crippen LogP) is 6.94. The van der Waals surface area contributed by atoms with E-state index in [2.05, 4.69) is 0 Å². The zero-order valence-corrected chi connectivity index (χ0v) is 22.3. The minimum atomic E-state index is -4.78. The van der Waals surface area contributed by atoms with Crippen molar-refractivity contribution in [2.75, 3.05) is 7.11 Å². The number of ether oxygens (including phenoxy) is 1. The molecule has 0 saturated carbocycles. The van der Waals surface area contributed by atoms with Gasteiger partial charge in [0.1, 0.15) is 4.90 Å². The van der Waals surface area contributed by atoms with Crippen LogP contribution >= 0.6 is 0 Å². The Balaban J connectivity index is 1.95. The monoisotopic (exact) mass is 589 g/mol. The lowest BCUT2D eigenvalue weighted by Crippen LogP contribution is -2.38. The molecule has 13 heteroatoms. The van der Waals surface area contributed by atoms with Crippen LogP contribution in [0.15, 0.2) is 71.6 Å². The van der Waals surface area contributed by atoms with Gasteiger partial charge in [-0.3, -0.25) is 4.79 Å². The van der Waals surface area contributed by atoms with Crippen LogP contribution in [-0.2, 0) is 29.0 Å². The van der Waals surface area contributed by atoms with Gasteiger partial charge in [0.05, 0.1) is 18.2 Å². The Hall–Kier alpha value is -3.74. The molecule has 0 aliphatic heterocycles. The quantitative estimate of drug-likeness (QED) is 0.200. The molecule has 0 aliphatic carbocycles. The number of amides is 1. The zero-order valence-electron chi connectivity index (χ0n) is 21.5. The number of alkyl halides is 6. The van der Waals surface area contributed by atoms with Gasteiger partial charge in [0.2, 0.25) is 0 Å². The highest BCUT2D eigenvalue weighted by molar-refractivity contribution is 7.87. The molecule has 0 N–H and O–H groups in total. The highest BCUT2D eigenvalue weighted by Gasteiger charge is 2.33. The largest absolute Gasteiger partial charge is 0.493 e. The summed E-state index contributed by atoms with van der Waals surface area (Å²) in [5.41, 5.74) is -2.03. The van der Waals surface area contributed by atoms with Crippen molar-refractivity contribution in [1.29, 1.82) is 0 Å². The third-order valence-electron chi connectivity index (χ3n) is 6.05. The molecular weight excluding hydrogens is 564 g/mol. The molecule has 1 atom stereocenters. The Labute approximate surface area is 227 Å². The Morgan fingerprint density at radius 3 is 2.05 bits per heavy atom. The van der Waals surface area contributed by atoms with E-state index in [0.717, 1.165) is 30.3 Å². The van der Waals surface area contributed by atoms with Gasteiger partial charge in [-0.1, -0.05) is 25.1 Å². The fraction of sp³-hybridized carbons (Fsp3) is 0.296. The first-order chi connectivity index (χ1) is 18.6. The van der Waals surface area contributed by atoms with Crippen molar-refractivity contribution in [3.05, 3.63) is 89.0 Å². The molecule has 1 unspecified atom stereocenters. The Kier molecular flexibility index (Phi) is 9.07. The van der Waals surface area contributed by atoms with Gasteiger partial charge in [-0.25, -0.2) is 0 Å². The molecule has 3 aromatic rings. The van der Waals surface area contributed by atoms with Crippen LogP contribution in [0.3, 0.4) is 0 Å². The Bertz CT molecular complexity index is 1470. The van der Waals surface area contributed by atoms with Crippen molar-refractivity contribution < 1.29 is 48.5 Å².